The van der Waals surface area contributed by atoms with Crippen molar-refractivity contribution in [1.29, 1.82) is 0 Å². The van der Waals surface area contributed by atoms with E-state index in [4.69, 9.17) is 9.47 Å². The molecule has 3 heterocycles. The van der Waals surface area contributed by atoms with E-state index in [-0.39, 0.29) is 17.6 Å². The van der Waals surface area contributed by atoms with Crippen LogP contribution in [0.5, 0.6) is 5.75 Å². The zero-order valence-electron chi connectivity index (χ0n) is 19.9. The minimum Gasteiger partial charge on any atom is -0.495 e. The van der Waals surface area contributed by atoms with Crippen molar-refractivity contribution < 1.29 is 14.3 Å². The van der Waals surface area contributed by atoms with Crippen molar-refractivity contribution in [2.45, 2.75) is 32.0 Å². The van der Waals surface area contributed by atoms with Crippen LogP contribution in [0.3, 0.4) is 0 Å². The average Bonchev–Trinajstić information content (AvgIpc) is 3.56. The van der Waals surface area contributed by atoms with Crippen molar-refractivity contribution in [3.63, 3.8) is 0 Å². The van der Waals surface area contributed by atoms with Crippen LogP contribution in [0.2, 0.25) is 0 Å². The average molecular weight is 497 g/mol. The number of thiophene rings is 1. The van der Waals surface area contributed by atoms with Gasteiger partial charge in [0, 0.05) is 24.1 Å². The van der Waals surface area contributed by atoms with Crippen LogP contribution in [0.1, 0.15) is 34.7 Å². The molecule has 0 aliphatic rings. The molecule has 0 N–H and O–H groups in total. The van der Waals surface area contributed by atoms with Crippen molar-refractivity contribution in [2.24, 2.45) is 0 Å². The van der Waals surface area contributed by atoms with Gasteiger partial charge in [-0.2, -0.15) is 0 Å². The van der Waals surface area contributed by atoms with Crippen LogP contribution in [0, 0.1) is 13.8 Å². The lowest BCUT2D eigenvalue weighted by atomic mass is 10.2. The normalized spacial score (nSPS) is 12.1. The molecule has 178 valence electrons. The Balaban J connectivity index is 1.65. The smallest absolute Gasteiger partial charge is 0.196 e. The van der Waals surface area contributed by atoms with Gasteiger partial charge in [-0.15, -0.1) is 21.5 Å². The van der Waals surface area contributed by atoms with Crippen LogP contribution in [-0.4, -0.2) is 51.7 Å². The number of ketones is 1. The lowest BCUT2D eigenvalue weighted by Crippen LogP contribution is -2.14. The van der Waals surface area contributed by atoms with E-state index < -0.39 is 0 Å². The molecule has 0 spiro atoms. The van der Waals surface area contributed by atoms with Gasteiger partial charge < -0.3 is 14.0 Å². The molecule has 0 saturated carbocycles. The first-order valence-corrected chi connectivity index (χ1v) is 12.8. The fraction of sp³-hybridized carbons (Fsp3) is 0.320. The van der Waals surface area contributed by atoms with Gasteiger partial charge in [-0.3, -0.25) is 9.36 Å². The number of aromatic nitrogens is 4. The van der Waals surface area contributed by atoms with Gasteiger partial charge in [-0.25, -0.2) is 0 Å². The number of rotatable bonds is 10. The first-order chi connectivity index (χ1) is 16.5. The fourth-order valence-corrected chi connectivity index (χ4v) is 5.75. The van der Waals surface area contributed by atoms with E-state index in [1.165, 1.54) is 11.8 Å². The lowest BCUT2D eigenvalue weighted by molar-refractivity contribution is 0.102. The summed E-state index contributed by atoms with van der Waals surface area (Å²) < 4.78 is 15.0. The second kappa shape index (κ2) is 10.6. The molecule has 1 unspecified atom stereocenters. The van der Waals surface area contributed by atoms with Crippen molar-refractivity contribution in [1.82, 2.24) is 19.3 Å². The summed E-state index contributed by atoms with van der Waals surface area (Å²) in [5.74, 6) is 1.74. The zero-order chi connectivity index (χ0) is 24.2. The number of thioether (sulfide) groups is 1. The second-order valence-electron chi connectivity index (χ2n) is 7.96. The molecule has 34 heavy (non-hydrogen) atoms. The third-order valence-corrected chi connectivity index (χ3v) is 7.46. The topological polar surface area (TPSA) is 71.2 Å². The van der Waals surface area contributed by atoms with Gasteiger partial charge in [-0.1, -0.05) is 30.0 Å². The molecule has 0 saturated heterocycles. The molecular weight excluding hydrogens is 468 g/mol. The van der Waals surface area contributed by atoms with Gasteiger partial charge in [0.15, 0.2) is 16.8 Å². The Morgan fingerprint density at radius 2 is 1.94 bits per heavy atom. The molecule has 0 aliphatic carbocycles. The molecule has 9 heteroatoms. The number of hydrogen-bond acceptors (Lipinski definition) is 7. The Kier molecular flexibility index (Phi) is 7.55. The third-order valence-electron chi connectivity index (χ3n) is 5.67. The van der Waals surface area contributed by atoms with E-state index in [1.807, 2.05) is 66.3 Å². The number of carbonyl (C=O) groups excluding carboxylic acids is 1. The number of Topliss-reactive ketones (excluding diaryl/α,β-unsaturated/α-hetero) is 1. The molecule has 0 fully saturated rings. The summed E-state index contributed by atoms with van der Waals surface area (Å²) in [4.78, 5) is 14.2. The number of nitrogens with zero attached hydrogens (tertiary/aromatic N) is 4. The number of para-hydroxylation sites is 2. The summed E-state index contributed by atoms with van der Waals surface area (Å²) in [6.07, 6.45) is 0. The van der Waals surface area contributed by atoms with Crippen molar-refractivity contribution in [3.8, 4) is 22.1 Å². The number of methoxy groups -OCH3 is 2. The van der Waals surface area contributed by atoms with Crippen LogP contribution >= 0.6 is 23.1 Å². The van der Waals surface area contributed by atoms with Crippen LogP contribution in [-0.2, 0) is 4.74 Å². The minimum absolute atomic E-state index is 0.0567. The summed E-state index contributed by atoms with van der Waals surface area (Å²) in [6, 6.07) is 13.9. The number of carbonyl (C=O) groups is 1. The highest BCUT2D eigenvalue weighted by Gasteiger charge is 2.23. The first-order valence-electron chi connectivity index (χ1n) is 10.9. The minimum atomic E-state index is 0.0567. The third kappa shape index (κ3) is 4.68. The molecule has 3 aromatic heterocycles. The van der Waals surface area contributed by atoms with E-state index in [9.17, 15) is 4.79 Å². The van der Waals surface area contributed by atoms with Gasteiger partial charge in [0.05, 0.1) is 36.1 Å². The number of benzene rings is 1. The van der Waals surface area contributed by atoms with Crippen LogP contribution in [0.4, 0.5) is 0 Å². The van der Waals surface area contributed by atoms with Gasteiger partial charge >= 0.3 is 0 Å². The van der Waals surface area contributed by atoms with E-state index >= 15 is 0 Å². The predicted molar refractivity (Wildman–Crippen MR) is 137 cm³/mol. The monoisotopic (exact) mass is 496 g/mol. The summed E-state index contributed by atoms with van der Waals surface area (Å²) >= 11 is 2.97. The molecular formula is C25H28N4O3S2. The van der Waals surface area contributed by atoms with E-state index in [2.05, 4.69) is 21.7 Å². The highest BCUT2D eigenvalue weighted by atomic mass is 32.2. The van der Waals surface area contributed by atoms with Gasteiger partial charge in [0.1, 0.15) is 5.75 Å². The summed E-state index contributed by atoms with van der Waals surface area (Å²) in [7, 11) is 3.33. The van der Waals surface area contributed by atoms with Gasteiger partial charge in [0.2, 0.25) is 0 Å². The summed E-state index contributed by atoms with van der Waals surface area (Å²) in [5, 5.41) is 11.5. The maximum absolute atomic E-state index is 13.2. The highest BCUT2D eigenvalue weighted by Crippen LogP contribution is 2.34. The standard InChI is InChI=1S/C25H28N4O3S2/c1-16-13-19(18(3)28(16)17(2)14-31-4)21(30)15-34-25-27-26-24(23-11-8-12-33-23)29(25)20-9-6-7-10-22(20)32-5/h6-13,17H,14-15H2,1-5H3. The maximum atomic E-state index is 13.2. The predicted octanol–water partition coefficient (Wildman–Crippen LogP) is 5.61. The number of hydrogen-bond donors (Lipinski definition) is 0. The van der Waals surface area contributed by atoms with Crippen molar-refractivity contribution >= 4 is 28.9 Å². The SMILES string of the molecule is COCC(C)n1c(C)cc(C(=O)CSc2nnc(-c3cccs3)n2-c2ccccc2OC)c1C. The summed E-state index contributed by atoms with van der Waals surface area (Å²) in [5.41, 5.74) is 3.57. The van der Waals surface area contributed by atoms with Crippen LogP contribution in [0.25, 0.3) is 16.4 Å². The van der Waals surface area contributed by atoms with Crippen molar-refractivity contribution in [2.75, 3.05) is 26.6 Å². The molecule has 4 rings (SSSR count). The Morgan fingerprint density at radius 3 is 2.65 bits per heavy atom. The highest BCUT2D eigenvalue weighted by molar-refractivity contribution is 7.99. The maximum Gasteiger partial charge on any atom is 0.196 e. The fourth-order valence-electron chi connectivity index (χ4n) is 4.22. The Morgan fingerprint density at radius 1 is 1.15 bits per heavy atom. The molecule has 4 aromatic rings. The lowest BCUT2D eigenvalue weighted by Gasteiger charge is -2.17. The zero-order valence-corrected chi connectivity index (χ0v) is 21.6. The first kappa shape index (κ1) is 24.3. The Bertz CT molecular complexity index is 1280. The molecule has 7 nitrogen and oxygen atoms in total. The van der Waals surface area contributed by atoms with E-state index in [0.717, 1.165) is 33.3 Å². The van der Waals surface area contributed by atoms with Crippen LogP contribution in [0.15, 0.2) is 53.0 Å². The van der Waals surface area contributed by atoms with E-state index in [0.29, 0.717) is 17.5 Å². The molecule has 0 radical (unpaired) electrons. The van der Waals surface area contributed by atoms with Crippen molar-refractivity contribution in [3.05, 3.63) is 64.8 Å². The van der Waals surface area contributed by atoms with Gasteiger partial charge in [-0.05, 0) is 50.4 Å². The number of aryl methyl sites for hydroxylation is 1. The second-order valence-corrected chi connectivity index (χ2v) is 9.85. The quantitative estimate of drug-likeness (QED) is 0.210. The molecule has 0 amide bonds. The number of ether oxygens (including phenoxy) is 2. The Labute approximate surface area is 207 Å². The van der Waals surface area contributed by atoms with Gasteiger partial charge in [0.25, 0.3) is 0 Å². The molecule has 0 bridgehead atoms. The molecule has 0 aliphatic heterocycles. The largest absolute Gasteiger partial charge is 0.495 e. The summed E-state index contributed by atoms with van der Waals surface area (Å²) in [6.45, 7) is 6.69. The molecule has 1 aromatic carbocycles. The Hall–Kier alpha value is -2.88. The molecule has 1 atom stereocenters. The van der Waals surface area contributed by atoms with E-state index in [1.54, 1.807) is 25.6 Å². The van der Waals surface area contributed by atoms with Crippen LogP contribution < -0.4 is 4.74 Å².